The van der Waals surface area contributed by atoms with Crippen LogP contribution in [-0.2, 0) is 9.84 Å². The summed E-state index contributed by atoms with van der Waals surface area (Å²) >= 11 is 0. The Kier molecular flexibility index (Phi) is 7.10. The van der Waals surface area contributed by atoms with E-state index in [1.165, 1.54) is 5.56 Å². The molecule has 0 saturated heterocycles. The van der Waals surface area contributed by atoms with Crippen molar-refractivity contribution >= 4 is 9.84 Å². The molecule has 3 nitrogen and oxygen atoms in total. The zero-order valence-corrected chi connectivity index (χ0v) is 12.7. The SMILES string of the molecule is CCCS(=O)(=O)CCC(CNCC)c1ccccc1. The third-order valence-corrected chi connectivity index (χ3v) is 5.09. The smallest absolute Gasteiger partial charge is 0.150 e. The maximum absolute atomic E-state index is 11.8. The van der Waals surface area contributed by atoms with Crippen LogP contribution in [0.25, 0.3) is 0 Å². The Labute approximate surface area is 117 Å². The largest absolute Gasteiger partial charge is 0.316 e. The van der Waals surface area contributed by atoms with Gasteiger partial charge in [-0.05, 0) is 30.9 Å². The van der Waals surface area contributed by atoms with E-state index in [9.17, 15) is 8.42 Å². The standard InChI is InChI=1S/C15H25NO2S/c1-3-11-19(17,18)12-10-15(13-16-4-2)14-8-6-5-7-9-14/h5-9,15-16H,3-4,10-13H2,1-2H3. The van der Waals surface area contributed by atoms with E-state index in [-0.39, 0.29) is 11.7 Å². The van der Waals surface area contributed by atoms with E-state index in [1.54, 1.807) is 0 Å². The average molecular weight is 283 g/mol. The predicted octanol–water partition coefficient (Wildman–Crippen LogP) is 2.59. The summed E-state index contributed by atoms with van der Waals surface area (Å²) in [4.78, 5) is 0. The number of nitrogens with one attached hydrogen (secondary N) is 1. The van der Waals surface area contributed by atoms with E-state index < -0.39 is 9.84 Å². The maximum atomic E-state index is 11.8. The van der Waals surface area contributed by atoms with Crippen LogP contribution in [0.15, 0.2) is 30.3 Å². The summed E-state index contributed by atoms with van der Waals surface area (Å²) in [6, 6.07) is 10.2. The fourth-order valence-corrected chi connectivity index (χ4v) is 3.64. The van der Waals surface area contributed by atoms with Crippen LogP contribution in [0.3, 0.4) is 0 Å². The number of hydrogen-bond acceptors (Lipinski definition) is 3. The van der Waals surface area contributed by atoms with Crippen molar-refractivity contribution in [1.82, 2.24) is 5.32 Å². The van der Waals surface area contributed by atoms with Crippen molar-refractivity contribution in [2.45, 2.75) is 32.6 Å². The Hall–Kier alpha value is -0.870. The van der Waals surface area contributed by atoms with Gasteiger partial charge in [0.2, 0.25) is 0 Å². The summed E-state index contributed by atoms with van der Waals surface area (Å²) < 4.78 is 23.6. The van der Waals surface area contributed by atoms with Crippen molar-refractivity contribution < 1.29 is 8.42 Å². The number of sulfone groups is 1. The third kappa shape index (κ3) is 6.21. The molecule has 1 aromatic carbocycles. The fraction of sp³-hybridized carbons (Fsp3) is 0.600. The molecule has 1 aromatic rings. The number of rotatable bonds is 9. The first-order valence-corrected chi connectivity index (χ1v) is 8.87. The third-order valence-electron chi connectivity index (χ3n) is 3.20. The Bertz CT molecular complexity index is 442. The summed E-state index contributed by atoms with van der Waals surface area (Å²) in [5.74, 6) is 0.856. The van der Waals surface area contributed by atoms with Crippen LogP contribution in [0.2, 0.25) is 0 Å². The number of benzene rings is 1. The van der Waals surface area contributed by atoms with E-state index >= 15 is 0 Å². The molecule has 0 amide bonds. The minimum absolute atomic E-state index is 0.271. The minimum Gasteiger partial charge on any atom is -0.316 e. The number of hydrogen-bond donors (Lipinski definition) is 1. The second-order valence-corrected chi connectivity index (χ2v) is 7.16. The van der Waals surface area contributed by atoms with Crippen molar-refractivity contribution in [1.29, 1.82) is 0 Å². The molecule has 1 atom stereocenters. The Morgan fingerprint density at radius 1 is 1.11 bits per heavy atom. The fourth-order valence-electron chi connectivity index (χ4n) is 2.17. The second-order valence-electron chi connectivity index (χ2n) is 4.86. The van der Waals surface area contributed by atoms with Crippen molar-refractivity contribution in [3.8, 4) is 0 Å². The molecule has 0 aliphatic rings. The minimum atomic E-state index is -2.89. The lowest BCUT2D eigenvalue weighted by atomic mass is 9.96. The summed E-state index contributed by atoms with van der Waals surface area (Å²) in [6.45, 7) is 5.72. The molecule has 4 heteroatoms. The Balaban J connectivity index is 2.66. The van der Waals surface area contributed by atoms with Gasteiger partial charge < -0.3 is 5.32 Å². The van der Waals surface area contributed by atoms with Crippen molar-refractivity contribution in [3.63, 3.8) is 0 Å². The van der Waals surface area contributed by atoms with Gasteiger partial charge in [0.25, 0.3) is 0 Å². The van der Waals surface area contributed by atoms with Crippen LogP contribution in [0, 0.1) is 0 Å². The lowest BCUT2D eigenvalue weighted by Gasteiger charge is -2.17. The second kappa shape index (κ2) is 8.33. The van der Waals surface area contributed by atoms with E-state index in [0.717, 1.165) is 13.1 Å². The highest BCUT2D eigenvalue weighted by Crippen LogP contribution is 2.19. The molecular weight excluding hydrogens is 258 g/mol. The molecule has 0 radical (unpaired) electrons. The monoisotopic (exact) mass is 283 g/mol. The molecule has 0 aromatic heterocycles. The van der Waals surface area contributed by atoms with Gasteiger partial charge >= 0.3 is 0 Å². The lowest BCUT2D eigenvalue weighted by Crippen LogP contribution is -2.23. The van der Waals surface area contributed by atoms with Gasteiger partial charge in [0.1, 0.15) is 9.84 Å². The first-order valence-electron chi connectivity index (χ1n) is 7.05. The van der Waals surface area contributed by atoms with Crippen LogP contribution >= 0.6 is 0 Å². The van der Waals surface area contributed by atoms with Gasteiger partial charge in [-0.15, -0.1) is 0 Å². The van der Waals surface area contributed by atoms with Crippen molar-refractivity contribution in [2.24, 2.45) is 0 Å². The highest BCUT2D eigenvalue weighted by molar-refractivity contribution is 7.91. The molecule has 1 N–H and O–H groups in total. The van der Waals surface area contributed by atoms with E-state index in [0.29, 0.717) is 18.6 Å². The first kappa shape index (κ1) is 16.2. The average Bonchev–Trinajstić information content (AvgIpc) is 2.40. The number of likely N-dealkylation sites (N-methyl/N-ethyl adjacent to an activating group) is 1. The maximum Gasteiger partial charge on any atom is 0.150 e. The topological polar surface area (TPSA) is 46.2 Å². The van der Waals surface area contributed by atoms with E-state index in [2.05, 4.69) is 24.4 Å². The molecule has 0 heterocycles. The first-order chi connectivity index (χ1) is 9.09. The zero-order chi connectivity index (χ0) is 14.1. The predicted molar refractivity (Wildman–Crippen MR) is 81.3 cm³/mol. The molecule has 1 rings (SSSR count). The highest BCUT2D eigenvalue weighted by Gasteiger charge is 2.16. The molecule has 0 saturated carbocycles. The van der Waals surface area contributed by atoms with Crippen LogP contribution in [0.5, 0.6) is 0 Å². The highest BCUT2D eigenvalue weighted by atomic mass is 32.2. The van der Waals surface area contributed by atoms with Crippen LogP contribution in [0.4, 0.5) is 0 Å². The van der Waals surface area contributed by atoms with Crippen molar-refractivity contribution in [3.05, 3.63) is 35.9 Å². The molecule has 1 unspecified atom stereocenters. The van der Waals surface area contributed by atoms with Gasteiger partial charge in [-0.3, -0.25) is 0 Å². The summed E-state index contributed by atoms with van der Waals surface area (Å²) in [7, 11) is -2.89. The Morgan fingerprint density at radius 3 is 2.37 bits per heavy atom. The van der Waals surface area contributed by atoms with Crippen LogP contribution < -0.4 is 5.32 Å². The normalized spacial score (nSPS) is 13.4. The van der Waals surface area contributed by atoms with Gasteiger partial charge in [-0.2, -0.15) is 0 Å². The molecular formula is C15H25NO2S. The van der Waals surface area contributed by atoms with Gasteiger partial charge in [0.15, 0.2) is 0 Å². The van der Waals surface area contributed by atoms with Crippen LogP contribution in [0.1, 0.15) is 38.2 Å². The summed E-state index contributed by atoms with van der Waals surface area (Å²) in [5, 5.41) is 3.32. The van der Waals surface area contributed by atoms with Gasteiger partial charge in [-0.25, -0.2) is 8.42 Å². The van der Waals surface area contributed by atoms with Gasteiger partial charge in [-0.1, -0.05) is 44.2 Å². The van der Waals surface area contributed by atoms with Crippen molar-refractivity contribution in [2.75, 3.05) is 24.6 Å². The van der Waals surface area contributed by atoms with E-state index in [4.69, 9.17) is 0 Å². The molecule has 0 fully saturated rings. The lowest BCUT2D eigenvalue weighted by molar-refractivity contribution is 0.563. The Morgan fingerprint density at radius 2 is 1.79 bits per heavy atom. The zero-order valence-electron chi connectivity index (χ0n) is 11.9. The van der Waals surface area contributed by atoms with E-state index in [1.807, 2.05) is 25.1 Å². The summed E-state index contributed by atoms with van der Waals surface area (Å²) in [6.07, 6.45) is 1.39. The van der Waals surface area contributed by atoms with Gasteiger partial charge in [0.05, 0.1) is 5.75 Å². The molecule has 19 heavy (non-hydrogen) atoms. The molecule has 0 bridgehead atoms. The molecule has 0 aliphatic heterocycles. The van der Waals surface area contributed by atoms with Crippen LogP contribution in [-0.4, -0.2) is 33.0 Å². The molecule has 108 valence electrons. The van der Waals surface area contributed by atoms with Gasteiger partial charge in [0, 0.05) is 12.3 Å². The summed E-state index contributed by atoms with van der Waals surface area (Å²) in [5.41, 5.74) is 1.22. The molecule has 0 spiro atoms. The molecule has 0 aliphatic carbocycles. The quantitative estimate of drug-likeness (QED) is 0.757.